The number of hydrogen-bond donors (Lipinski definition) is 1. The third kappa shape index (κ3) is 5.76. The molecule has 0 radical (unpaired) electrons. The van der Waals surface area contributed by atoms with Crippen molar-refractivity contribution in [1.29, 1.82) is 0 Å². The summed E-state index contributed by atoms with van der Waals surface area (Å²) < 4.78 is 31.0. The van der Waals surface area contributed by atoms with Gasteiger partial charge in [-0.05, 0) is 30.9 Å². The molecule has 1 amide bonds. The Morgan fingerprint density at radius 2 is 1.82 bits per heavy atom. The molecule has 0 aliphatic carbocycles. The molecule has 2 heterocycles. The van der Waals surface area contributed by atoms with Crippen LogP contribution in [0.15, 0.2) is 24.3 Å². The summed E-state index contributed by atoms with van der Waals surface area (Å²) in [7, 11) is -3.23. The Morgan fingerprint density at radius 1 is 1.14 bits per heavy atom. The van der Waals surface area contributed by atoms with Gasteiger partial charge in [-0.2, -0.15) is 0 Å². The molecule has 1 aromatic rings. The fourth-order valence-electron chi connectivity index (χ4n) is 3.71. The topological polar surface area (TPSA) is 79.0 Å². The van der Waals surface area contributed by atoms with E-state index in [1.807, 2.05) is 12.1 Å². The average molecular weight is 410 g/mol. The maximum atomic E-state index is 12.5. The molecule has 0 unspecified atom stereocenters. The summed E-state index contributed by atoms with van der Waals surface area (Å²) in [5.74, 6) is -0.248. The molecule has 28 heavy (non-hydrogen) atoms. The molecule has 3 rings (SSSR count). The fourth-order valence-corrected chi connectivity index (χ4v) is 4.88. The van der Waals surface area contributed by atoms with Crippen molar-refractivity contribution in [2.45, 2.75) is 32.9 Å². The van der Waals surface area contributed by atoms with Crippen LogP contribution in [0.4, 0.5) is 0 Å². The first-order valence-corrected chi connectivity index (χ1v) is 11.7. The number of amides is 1. The monoisotopic (exact) mass is 409 g/mol. The lowest BCUT2D eigenvalue weighted by Gasteiger charge is -2.30. The van der Waals surface area contributed by atoms with Gasteiger partial charge in [0.2, 0.25) is 15.9 Å². The lowest BCUT2D eigenvalue weighted by molar-refractivity contribution is -0.126. The number of benzene rings is 1. The molecular formula is C20H31N3O4S. The van der Waals surface area contributed by atoms with Crippen LogP contribution in [-0.4, -0.2) is 68.7 Å². The second-order valence-electron chi connectivity index (χ2n) is 7.52. The van der Waals surface area contributed by atoms with Gasteiger partial charge < -0.3 is 10.1 Å². The molecule has 156 valence electrons. The molecular weight excluding hydrogens is 378 g/mol. The van der Waals surface area contributed by atoms with E-state index in [9.17, 15) is 13.2 Å². The first-order valence-electron chi connectivity index (χ1n) is 10.1. The summed E-state index contributed by atoms with van der Waals surface area (Å²) >= 11 is 0. The molecule has 2 aliphatic heterocycles. The molecule has 1 N–H and O–H groups in total. The van der Waals surface area contributed by atoms with Gasteiger partial charge in [-0.15, -0.1) is 0 Å². The van der Waals surface area contributed by atoms with E-state index < -0.39 is 10.0 Å². The van der Waals surface area contributed by atoms with Crippen LogP contribution in [0.3, 0.4) is 0 Å². The minimum atomic E-state index is -3.23. The Hall–Kier alpha value is -1.48. The Kier molecular flexibility index (Phi) is 7.45. The van der Waals surface area contributed by atoms with Crippen LogP contribution in [-0.2, 0) is 32.6 Å². The summed E-state index contributed by atoms with van der Waals surface area (Å²) in [6, 6.07) is 8.30. The molecule has 0 aromatic heterocycles. The molecule has 2 saturated heterocycles. The Morgan fingerprint density at radius 3 is 2.50 bits per heavy atom. The van der Waals surface area contributed by atoms with E-state index in [4.69, 9.17) is 4.74 Å². The number of ether oxygens (including phenoxy) is 1. The zero-order valence-electron chi connectivity index (χ0n) is 16.6. The third-order valence-corrected chi connectivity index (χ3v) is 7.36. The predicted molar refractivity (Wildman–Crippen MR) is 108 cm³/mol. The Bertz CT molecular complexity index is 745. The van der Waals surface area contributed by atoms with Crippen molar-refractivity contribution >= 4 is 15.9 Å². The van der Waals surface area contributed by atoms with Gasteiger partial charge in [-0.25, -0.2) is 12.7 Å². The number of hydrogen-bond acceptors (Lipinski definition) is 5. The highest BCUT2D eigenvalue weighted by Crippen LogP contribution is 2.20. The average Bonchev–Trinajstić information content (AvgIpc) is 2.74. The van der Waals surface area contributed by atoms with Crippen LogP contribution in [0, 0.1) is 5.92 Å². The summed E-state index contributed by atoms with van der Waals surface area (Å²) in [5, 5.41) is 2.97. The predicted octanol–water partition coefficient (Wildman–Crippen LogP) is 1.20. The Labute approximate surface area is 168 Å². The minimum absolute atomic E-state index is 0.0617. The van der Waals surface area contributed by atoms with Gasteiger partial charge in [-0.1, -0.05) is 24.3 Å². The zero-order valence-corrected chi connectivity index (χ0v) is 17.4. The zero-order chi connectivity index (χ0) is 20.0. The van der Waals surface area contributed by atoms with Crippen molar-refractivity contribution in [3.05, 3.63) is 35.4 Å². The van der Waals surface area contributed by atoms with E-state index in [1.54, 1.807) is 6.92 Å². The molecule has 1 aromatic carbocycles. The largest absolute Gasteiger partial charge is 0.379 e. The number of piperidine rings is 1. The standard InChI is InChI=1S/C20H31N3O4S/c1-2-28(25,26)23-9-3-4-19(16-23)20(24)21-14-17-5-7-18(8-6-17)15-22-10-12-27-13-11-22/h5-8,19H,2-4,9-16H2,1H3,(H,21,24)/t19-/m0/s1. The van der Waals surface area contributed by atoms with Crippen molar-refractivity contribution in [3.63, 3.8) is 0 Å². The quantitative estimate of drug-likeness (QED) is 0.732. The molecule has 2 fully saturated rings. The number of nitrogens with one attached hydrogen (secondary N) is 1. The molecule has 2 aliphatic rings. The van der Waals surface area contributed by atoms with Crippen LogP contribution in [0.2, 0.25) is 0 Å². The first-order chi connectivity index (χ1) is 13.5. The molecule has 0 saturated carbocycles. The van der Waals surface area contributed by atoms with Gasteiger partial charge in [0.15, 0.2) is 0 Å². The van der Waals surface area contributed by atoms with E-state index in [0.29, 0.717) is 19.6 Å². The molecule has 0 bridgehead atoms. The van der Waals surface area contributed by atoms with E-state index in [0.717, 1.165) is 51.3 Å². The number of morpholine rings is 1. The molecule has 8 heteroatoms. The van der Waals surface area contributed by atoms with Gasteiger partial charge >= 0.3 is 0 Å². The second kappa shape index (κ2) is 9.82. The fraction of sp³-hybridized carbons (Fsp3) is 0.650. The van der Waals surface area contributed by atoms with E-state index in [-0.39, 0.29) is 17.6 Å². The lowest BCUT2D eigenvalue weighted by Crippen LogP contribution is -2.45. The van der Waals surface area contributed by atoms with Crippen LogP contribution in [0.25, 0.3) is 0 Å². The first kappa shape index (κ1) is 21.2. The van der Waals surface area contributed by atoms with Crippen LogP contribution in [0.5, 0.6) is 0 Å². The maximum Gasteiger partial charge on any atom is 0.224 e. The van der Waals surface area contributed by atoms with E-state index in [2.05, 4.69) is 22.3 Å². The molecule has 1 atom stereocenters. The van der Waals surface area contributed by atoms with Crippen LogP contribution < -0.4 is 5.32 Å². The van der Waals surface area contributed by atoms with E-state index in [1.165, 1.54) is 9.87 Å². The maximum absolute atomic E-state index is 12.5. The Balaban J connectivity index is 1.47. The van der Waals surface area contributed by atoms with Crippen LogP contribution in [0.1, 0.15) is 30.9 Å². The van der Waals surface area contributed by atoms with Crippen molar-refractivity contribution in [3.8, 4) is 0 Å². The SMILES string of the molecule is CCS(=O)(=O)N1CCC[C@H](C(=O)NCc2ccc(CN3CCOCC3)cc2)C1. The van der Waals surface area contributed by atoms with Crippen molar-refractivity contribution < 1.29 is 17.9 Å². The highest BCUT2D eigenvalue weighted by atomic mass is 32.2. The number of carbonyl (C=O) groups is 1. The summed E-state index contributed by atoms with van der Waals surface area (Å²) in [4.78, 5) is 14.9. The number of carbonyl (C=O) groups excluding carboxylic acids is 1. The van der Waals surface area contributed by atoms with Crippen molar-refractivity contribution in [2.75, 3.05) is 45.1 Å². The minimum Gasteiger partial charge on any atom is -0.379 e. The highest BCUT2D eigenvalue weighted by Gasteiger charge is 2.31. The van der Waals surface area contributed by atoms with E-state index >= 15 is 0 Å². The van der Waals surface area contributed by atoms with Crippen molar-refractivity contribution in [2.24, 2.45) is 5.92 Å². The van der Waals surface area contributed by atoms with Gasteiger partial charge in [0.25, 0.3) is 0 Å². The summed E-state index contributed by atoms with van der Waals surface area (Å²) in [5.41, 5.74) is 2.30. The molecule has 0 spiro atoms. The van der Waals surface area contributed by atoms with Gasteiger partial charge in [0.1, 0.15) is 0 Å². The normalized spacial score (nSPS) is 22.1. The van der Waals surface area contributed by atoms with Crippen LogP contribution >= 0.6 is 0 Å². The summed E-state index contributed by atoms with van der Waals surface area (Å²) in [6.45, 7) is 7.35. The number of nitrogens with zero attached hydrogens (tertiary/aromatic N) is 2. The number of rotatable bonds is 7. The third-order valence-electron chi connectivity index (χ3n) is 5.51. The second-order valence-corrected chi connectivity index (χ2v) is 9.78. The van der Waals surface area contributed by atoms with Crippen molar-refractivity contribution in [1.82, 2.24) is 14.5 Å². The highest BCUT2D eigenvalue weighted by molar-refractivity contribution is 7.89. The number of sulfonamides is 1. The smallest absolute Gasteiger partial charge is 0.224 e. The van der Waals surface area contributed by atoms with Gasteiger partial charge in [0, 0.05) is 39.3 Å². The van der Waals surface area contributed by atoms with Gasteiger partial charge in [-0.3, -0.25) is 9.69 Å². The van der Waals surface area contributed by atoms with Gasteiger partial charge in [0.05, 0.1) is 24.9 Å². The summed E-state index contributed by atoms with van der Waals surface area (Å²) in [6.07, 6.45) is 1.47. The molecule has 7 nitrogen and oxygen atoms in total. The lowest BCUT2D eigenvalue weighted by atomic mass is 9.98.